The minimum absolute atomic E-state index is 0.0339. The molecule has 10 heteroatoms. The number of carbonyl (C=O) groups is 2. The van der Waals surface area contributed by atoms with Gasteiger partial charge in [-0.1, -0.05) is 26.0 Å². The van der Waals surface area contributed by atoms with Crippen LogP contribution in [-0.2, 0) is 6.54 Å². The van der Waals surface area contributed by atoms with Gasteiger partial charge in [-0.05, 0) is 36.5 Å². The summed E-state index contributed by atoms with van der Waals surface area (Å²) in [5, 5.41) is 28.8. The number of carboxylic acid groups (broad SMARTS) is 1. The van der Waals surface area contributed by atoms with E-state index >= 15 is 0 Å². The first kappa shape index (κ1) is 20.5. The number of hydrogen-bond donors (Lipinski definition) is 4. The van der Waals surface area contributed by atoms with Crippen molar-refractivity contribution in [1.29, 1.82) is 0 Å². The Hall–Kier alpha value is -3.82. The standard InChI is InChI=1S/C21H23N5O5/c1-11(2)10-25-18-15(12-3-5-14(6-4-12)24-21(30)31)9-22-26(18)20(29)16(19(25)28)17(27)23-13-7-8-13/h3-6,9,11,13,24,29H,7-8,10H2,1-2H3,(H,23,27)(H,30,31). The molecule has 1 aromatic carbocycles. The SMILES string of the molecule is CC(C)Cn1c(=O)c(C(=O)NC2CC2)c(O)n2ncc(-c3ccc(NC(=O)O)cc3)c12. The molecule has 0 radical (unpaired) electrons. The van der Waals surface area contributed by atoms with Crippen LogP contribution >= 0.6 is 0 Å². The number of amides is 2. The molecule has 3 aromatic rings. The number of rotatable bonds is 6. The second-order valence-electron chi connectivity index (χ2n) is 8.06. The summed E-state index contributed by atoms with van der Waals surface area (Å²) in [7, 11) is 0. The van der Waals surface area contributed by atoms with Crippen molar-refractivity contribution in [2.45, 2.75) is 39.3 Å². The highest BCUT2D eigenvalue weighted by Crippen LogP contribution is 2.29. The lowest BCUT2D eigenvalue weighted by atomic mass is 10.1. The fraction of sp³-hybridized carbons (Fsp3) is 0.333. The van der Waals surface area contributed by atoms with E-state index in [2.05, 4.69) is 15.7 Å². The van der Waals surface area contributed by atoms with E-state index in [9.17, 15) is 19.5 Å². The van der Waals surface area contributed by atoms with Gasteiger partial charge in [-0.2, -0.15) is 9.61 Å². The molecule has 4 N–H and O–H groups in total. The highest BCUT2D eigenvalue weighted by molar-refractivity contribution is 5.97. The molecule has 0 spiro atoms. The van der Waals surface area contributed by atoms with Gasteiger partial charge in [0, 0.05) is 23.8 Å². The van der Waals surface area contributed by atoms with Gasteiger partial charge in [-0.15, -0.1) is 0 Å². The lowest BCUT2D eigenvalue weighted by Gasteiger charge is -2.16. The smallest absolute Gasteiger partial charge is 0.409 e. The largest absolute Gasteiger partial charge is 0.492 e. The van der Waals surface area contributed by atoms with Crippen molar-refractivity contribution in [3.8, 4) is 17.0 Å². The van der Waals surface area contributed by atoms with E-state index in [-0.39, 0.29) is 17.5 Å². The van der Waals surface area contributed by atoms with Gasteiger partial charge in [0.2, 0.25) is 5.88 Å². The molecule has 1 aliphatic carbocycles. The molecule has 162 valence electrons. The molecule has 10 nitrogen and oxygen atoms in total. The van der Waals surface area contributed by atoms with Gasteiger partial charge in [0.05, 0.1) is 6.20 Å². The zero-order chi connectivity index (χ0) is 22.3. The van der Waals surface area contributed by atoms with Crippen molar-refractivity contribution in [3.05, 3.63) is 46.4 Å². The molecule has 2 amide bonds. The molecule has 0 atom stereocenters. The first-order valence-corrected chi connectivity index (χ1v) is 10.0. The normalized spacial score (nSPS) is 13.5. The highest BCUT2D eigenvalue weighted by Gasteiger charge is 2.30. The summed E-state index contributed by atoms with van der Waals surface area (Å²) in [5.74, 6) is -1.02. The van der Waals surface area contributed by atoms with Crippen LogP contribution in [0.1, 0.15) is 37.0 Å². The van der Waals surface area contributed by atoms with E-state index in [1.54, 1.807) is 24.3 Å². The number of fused-ring (bicyclic) bond motifs is 1. The van der Waals surface area contributed by atoms with Gasteiger partial charge >= 0.3 is 6.09 Å². The van der Waals surface area contributed by atoms with Gasteiger partial charge in [0.1, 0.15) is 0 Å². The van der Waals surface area contributed by atoms with Crippen molar-refractivity contribution in [1.82, 2.24) is 19.5 Å². The van der Waals surface area contributed by atoms with Crippen LogP contribution in [0.5, 0.6) is 5.88 Å². The summed E-state index contributed by atoms with van der Waals surface area (Å²) in [4.78, 5) is 36.7. The molecule has 0 unspecified atom stereocenters. The molecule has 2 aromatic heterocycles. The average molecular weight is 425 g/mol. The Morgan fingerprint density at radius 3 is 2.48 bits per heavy atom. The Balaban J connectivity index is 1.87. The van der Waals surface area contributed by atoms with Crippen LogP contribution < -0.4 is 16.2 Å². The molecular weight excluding hydrogens is 402 g/mol. The number of anilines is 1. The van der Waals surface area contributed by atoms with Gasteiger partial charge in [-0.25, -0.2) is 4.79 Å². The molecular formula is C21H23N5O5. The molecule has 1 fully saturated rings. The molecule has 4 rings (SSSR count). The van der Waals surface area contributed by atoms with Crippen LogP contribution in [-0.4, -0.2) is 42.4 Å². The number of hydrogen-bond acceptors (Lipinski definition) is 5. The maximum Gasteiger partial charge on any atom is 0.409 e. The van der Waals surface area contributed by atoms with E-state index in [4.69, 9.17) is 5.11 Å². The van der Waals surface area contributed by atoms with Crippen LogP contribution in [0, 0.1) is 5.92 Å². The van der Waals surface area contributed by atoms with Gasteiger partial charge in [0.15, 0.2) is 11.2 Å². The zero-order valence-electron chi connectivity index (χ0n) is 17.1. The molecule has 0 bridgehead atoms. The average Bonchev–Trinajstić information content (AvgIpc) is 3.39. The molecule has 2 heterocycles. The van der Waals surface area contributed by atoms with Gasteiger partial charge in [0.25, 0.3) is 11.5 Å². The second kappa shape index (κ2) is 7.78. The topological polar surface area (TPSA) is 138 Å². The zero-order valence-corrected chi connectivity index (χ0v) is 17.1. The van der Waals surface area contributed by atoms with Gasteiger partial charge < -0.3 is 15.5 Å². The van der Waals surface area contributed by atoms with E-state index in [0.29, 0.717) is 29.0 Å². The summed E-state index contributed by atoms with van der Waals surface area (Å²) in [5.41, 5.74) is 1.10. The maximum absolute atomic E-state index is 13.3. The number of carbonyl (C=O) groups excluding carboxylic acids is 1. The third kappa shape index (κ3) is 3.96. The third-order valence-electron chi connectivity index (χ3n) is 5.02. The summed E-state index contributed by atoms with van der Waals surface area (Å²) in [6.45, 7) is 4.22. The third-order valence-corrected chi connectivity index (χ3v) is 5.02. The first-order chi connectivity index (χ1) is 14.8. The lowest BCUT2D eigenvalue weighted by Crippen LogP contribution is -2.36. The van der Waals surface area contributed by atoms with Crippen molar-refractivity contribution >= 4 is 23.3 Å². The summed E-state index contributed by atoms with van der Waals surface area (Å²) < 4.78 is 2.66. The Morgan fingerprint density at radius 1 is 1.23 bits per heavy atom. The van der Waals surface area contributed by atoms with E-state index < -0.39 is 23.4 Å². The van der Waals surface area contributed by atoms with Gasteiger partial charge in [-0.3, -0.25) is 19.5 Å². The minimum atomic E-state index is -1.17. The van der Waals surface area contributed by atoms with Crippen LogP contribution in [0.4, 0.5) is 10.5 Å². The summed E-state index contributed by atoms with van der Waals surface area (Å²) in [6, 6.07) is 6.60. The fourth-order valence-electron chi connectivity index (χ4n) is 3.47. The van der Waals surface area contributed by atoms with Crippen LogP contribution in [0.3, 0.4) is 0 Å². The molecule has 1 aliphatic rings. The summed E-state index contributed by atoms with van der Waals surface area (Å²) >= 11 is 0. The fourth-order valence-corrected chi connectivity index (χ4v) is 3.47. The number of nitrogens with zero attached hydrogens (tertiary/aromatic N) is 3. The van der Waals surface area contributed by atoms with E-state index in [1.807, 2.05) is 13.8 Å². The number of aromatic hydroxyl groups is 1. The van der Waals surface area contributed by atoms with E-state index in [1.165, 1.54) is 15.3 Å². The maximum atomic E-state index is 13.3. The molecule has 1 saturated carbocycles. The van der Waals surface area contributed by atoms with Crippen molar-refractivity contribution in [2.24, 2.45) is 5.92 Å². The Bertz CT molecular complexity index is 1220. The predicted octanol–water partition coefficient (Wildman–Crippen LogP) is 2.51. The Morgan fingerprint density at radius 2 is 1.90 bits per heavy atom. The van der Waals surface area contributed by atoms with Crippen molar-refractivity contribution < 1.29 is 19.8 Å². The first-order valence-electron chi connectivity index (χ1n) is 10.0. The quantitative estimate of drug-likeness (QED) is 0.479. The van der Waals surface area contributed by atoms with E-state index in [0.717, 1.165) is 12.8 Å². The number of aromatic nitrogens is 3. The lowest BCUT2D eigenvalue weighted by molar-refractivity contribution is 0.0944. The monoisotopic (exact) mass is 425 g/mol. The minimum Gasteiger partial charge on any atom is -0.492 e. The number of nitrogens with one attached hydrogen (secondary N) is 2. The predicted molar refractivity (Wildman–Crippen MR) is 114 cm³/mol. The number of benzene rings is 1. The van der Waals surface area contributed by atoms with Crippen molar-refractivity contribution in [3.63, 3.8) is 0 Å². The summed E-state index contributed by atoms with van der Waals surface area (Å²) in [6.07, 6.45) is 2.05. The molecule has 31 heavy (non-hydrogen) atoms. The van der Waals surface area contributed by atoms with Crippen LogP contribution in [0.25, 0.3) is 16.8 Å². The molecule has 0 saturated heterocycles. The van der Waals surface area contributed by atoms with Crippen LogP contribution in [0.2, 0.25) is 0 Å². The van der Waals surface area contributed by atoms with Crippen LogP contribution in [0.15, 0.2) is 35.3 Å². The second-order valence-corrected chi connectivity index (χ2v) is 8.06. The van der Waals surface area contributed by atoms with Crippen molar-refractivity contribution in [2.75, 3.05) is 5.32 Å². The Labute approximate surface area is 177 Å². The highest BCUT2D eigenvalue weighted by atomic mass is 16.4. The molecule has 0 aliphatic heterocycles. The Kier molecular flexibility index (Phi) is 5.14.